The molecule has 4 rings (SSSR count). The van der Waals surface area contributed by atoms with Gasteiger partial charge in [0, 0.05) is 17.8 Å². The Hall–Kier alpha value is -2.31. The molecule has 21 heavy (non-hydrogen) atoms. The van der Waals surface area contributed by atoms with Gasteiger partial charge in [-0.05, 0) is 41.2 Å². The van der Waals surface area contributed by atoms with Gasteiger partial charge in [0.2, 0.25) is 0 Å². The van der Waals surface area contributed by atoms with E-state index in [2.05, 4.69) is 21.2 Å². The molecule has 0 saturated heterocycles. The summed E-state index contributed by atoms with van der Waals surface area (Å²) in [5, 5.41) is 11.5. The van der Waals surface area contributed by atoms with Crippen LogP contribution in [0.2, 0.25) is 0 Å². The van der Waals surface area contributed by atoms with E-state index in [1.54, 1.807) is 17.5 Å². The molecule has 0 amide bonds. The van der Waals surface area contributed by atoms with Crippen LogP contribution in [-0.4, -0.2) is 19.7 Å². The van der Waals surface area contributed by atoms with Gasteiger partial charge in [-0.1, -0.05) is 18.2 Å². The fourth-order valence-electron chi connectivity index (χ4n) is 2.38. The first-order chi connectivity index (χ1) is 10.3. The number of aromatic nitrogens is 4. The minimum atomic E-state index is 0.578. The van der Waals surface area contributed by atoms with Crippen LogP contribution in [0.15, 0.2) is 54.2 Å². The highest BCUT2D eigenvalue weighted by Gasteiger charge is 2.13. The Labute approximate surface area is 129 Å². The average molecular weight is 310 g/mol. The van der Waals surface area contributed by atoms with Gasteiger partial charge in [-0.15, -0.1) is 11.3 Å². The van der Waals surface area contributed by atoms with Crippen LogP contribution in [0.1, 0.15) is 0 Å². The molecule has 0 saturated carbocycles. The van der Waals surface area contributed by atoms with Crippen LogP contribution in [0.25, 0.3) is 27.2 Å². The average Bonchev–Trinajstić information content (AvgIpc) is 3.16. The standard InChI is InChI=1S/C15H10N4S2/c20-15-18-17-14(13-5-2-8-21-13)19(15)12-4-1-3-10-6-7-16-9-11(10)12/h1-9H,(H,18,20). The van der Waals surface area contributed by atoms with Gasteiger partial charge < -0.3 is 0 Å². The number of nitrogens with one attached hydrogen (secondary N) is 1. The first-order valence-corrected chi connectivity index (χ1v) is 7.68. The van der Waals surface area contributed by atoms with Crippen molar-refractivity contribution in [3.8, 4) is 16.4 Å². The first kappa shape index (κ1) is 12.4. The number of pyridine rings is 1. The van der Waals surface area contributed by atoms with E-state index in [-0.39, 0.29) is 0 Å². The molecule has 0 unspecified atom stereocenters. The van der Waals surface area contributed by atoms with Crippen LogP contribution in [0.5, 0.6) is 0 Å². The third-order valence-electron chi connectivity index (χ3n) is 3.32. The van der Waals surface area contributed by atoms with Crippen molar-refractivity contribution in [1.82, 2.24) is 19.7 Å². The molecule has 0 aliphatic rings. The molecule has 0 aliphatic heterocycles. The zero-order valence-corrected chi connectivity index (χ0v) is 12.5. The lowest BCUT2D eigenvalue weighted by molar-refractivity contribution is 1.04. The number of hydrogen-bond donors (Lipinski definition) is 1. The van der Waals surface area contributed by atoms with Crippen LogP contribution in [0.3, 0.4) is 0 Å². The Balaban J connectivity index is 2.06. The second-order valence-corrected chi connectivity index (χ2v) is 5.87. The van der Waals surface area contributed by atoms with E-state index < -0.39 is 0 Å². The number of H-pyrrole nitrogens is 1. The highest BCUT2D eigenvalue weighted by Crippen LogP contribution is 2.28. The summed E-state index contributed by atoms with van der Waals surface area (Å²) in [4.78, 5) is 5.30. The number of rotatable bonds is 2. The summed E-state index contributed by atoms with van der Waals surface area (Å²) in [7, 11) is 0. The predicted molar refractivity (Wildman–Crippen MR) is 87.4 cm³/mol. The fraction of sp³-hybridized carbons (Fsp3) is 0. The van der Waals surface area contributed by atoms with E-state index in [4.69, 9.17) is 12.2 Å². The monoisotopic (exact) mass is 310 g/mol. The van der Waals surface area contributed by atoms with E-state index in [9.17, 15) is 0 Å². The highest BCUT2D eigenvalue weighted by molar-refractivity contribution is 7.71. The van der Waals surface area contributed by atoms with E-state index in [0.29, 0.717) is 4.77 Å². The molecule has 6 heteroatoms. The molecule has 0 bridgehead atoms. The smallest absolute Gasteiger partial charge is 0.200 e. The summed E-state index contributed by atoms with van der Waals surface area (Å²) in [6.45, 7) is 0. The highest BCUT2D eigenvalue weighted by atomic mass is 32.1. The summed E-state index contributed by atoms with van der Waals surface area (Å²) < 4.78 is 2.54. The Morgan fingerprint density at radius 3 is 2.95 bits per heavy atom. The SMILES string of the molecule is S=c1[nH]nc(-c2cccs2)n1-c1cccc2ccncc12. The normalized spacial score (nSPS) is 11.0. The van der Waals surface area contributed by atoms with Gasteiger partial charge in [0.1, 0.15) is 0 Å². The zero-order chi connectivity index (χ0) is 14.2. The van der Waals surface area contributed by atoms with Gasteiger partial charge in [0.15, 0.2) is 10.6 Å². The van der Waals surface area contributed by atoms with Gasteiger partial charge >= 0.3 is 0 Å². The van der Waals surface area contributed by atoms with Crippen molar-refractivity contribution in [3.05, 3.63) is 58.9 Å². The molecule has 0 aliphatic carbocycles. The third-order valence-corrected chi connectivity index (χ3v) is 4.46. The molecule has 0 atom stereocenters. The fourth-order valence-corrected chi connectivity index (χ4v) is 3.32. The van der Waals surface area contributed by atoms with Gasteiger partial charge in [0.25, 0.3) is 0 Å². The van der Waals surface area contributed by atoms with Crippen molar-refractivity contribution in [2.24, 2.45) is 0 Å². The van der Waals surface area contributed by atoms with Crippen LogP contribution < -0.4 is 0 Å². The quantitative estimate of drug-likeness (QED) is 0.564. The maximum atomic E-state index is 5.42. The van der Waals surface area contributed by atoms with E-state index >= 15 is 0 Å². The lowest BCUT2D eigenvalue weighted by Crippen LogP contribution is -1.98. The van der Waals surface area contributed by atoms with Crippen LogP contribution >= 0.6 is 23.6 Å². The summed E-state index contributed by atoms with van der Waals surface area (Å²) in [5.41, 5.74) is 0.989. The van der Waals surface area contributed by atoms with Crippen LogP contribution in [0, 0.1) is 4.77 Å². The summed E-state index contributed by atoms with van der Waals surface area (Å²) in [6.07, 6.45) is 3.65. The second kappa shape index (κ2) is 4.91. The largest absolute Gasteiger partial charge is 0.267 e. The lowest BCUT2D eigenvalue weighted by atomic mass is 10.1. The Bertz CT molecular complexity index is 961. The number of hydrogen-bond acceptors (Lipinski definition) is 4. The molecule has 3 heterocycles. The van der Waals surface area contributed by atoms with Gasteiger partial charge in [-0.25, -0.2) is 0 Å². The van der Waals surface area contributed by atoms with Crippen molar-refractivity contribution in [3.63, 3.8) is 0 Å². The van der Waals surface area contributed by atoms with Crippen LogP contribution in [0.4, 0.5) is 0 Å². The molecule has 0 spiro atoms. The Morgan fingerprint density at radius 2 is 2.10 bits per heavy atom. The van der Waals surface area contributed by atoms with E-state index in [1.165, 1.54) is 0 Å². The van der Waals surface area contributed by atoms with Crippen molar-refractivity contribution < 1.29 is 0 Å². The minimum absolute atomic E-state index is 0.578. The molecule has 4 aromatic rings. The Morgan fingerprint density at radius 1 is 1.14 bits per heavy atom. The van der Waals surface area contributed by atoms with E-state index in [1.807, 2.05) is 46.5 Å². The maximum absolute atomic E-state index is 5.42. The van der Waals surface area contributed by atoms with E-state index in [0.717, 1.165) is 27.2 Å². The number of fused-ring (bicyclic) bond motifs is 1. The van der Waals surface area contributed by atoms with Gasteiger partial charge in [0.05, 0.1) is 10.6 Å². The summed E-state index contributed by atoms with van der Waals surface area (Å²) in [6, 6.07) is 12.2. The summed E-state index contributed by atoms with van der Waals surface area (Å²) >= 11 is 7.06. The molecule has 0 radical (unpaired) electrons. The van der Waals surface area contributed by atoms with Gasteiger partial charge in [-0.2, -0.15) is 5.10 Å². The number of thiophene rings is 1. The van der Waals surface area contributed by atoms with Crippen LogP contribution in [-0.2, 0) is 0 Å². The molecule has 1 N–H and O–H groups in total. The lowest BCUT2D eigenvalue weighted by Gasteiger charge is -2.09. The zero-order valence-electron chi connectivity index (χ0n) is 10.9. The molecular formula is C15H10N4S2. The molecule has 3 aromatic heterocycles. The van der Waals surface area contributed by atoms with Gasteiger partial charge in [-0.3, -0.25) is 14.6 Å². The molecule has 0 fully saturated rings. The number of aromatic amines is 1. The summed E-state index contributed by atoms with van der Waals surface area (Å²) in [5.74, 6) is 0.825. The molecule has 4 nitrogen and oxygen atoms in total. The Kier molecular flexibility index (Phi) is 2.90. The number of benzene rings is 1. The second-order valence-electron chi connectivity index (χ2n) is 4.54. The number of nitrogens with zero attached hydrogens (tertiary/aromatic N) is 3. The first-order valence-electron chi connectivity index (χ1n) is 6.39. The molecule has 102 valence electrons. The topological polar surface area (TPSA) is 46.5 Å². The van der Waals surface area contributed by atoms with Crippen molar-refractivity contribution in [2.45, 2.75) is 0 Å². The minimum Gasteiger partial charge on any atom is -0.267 e. The maximum Gasteiger partial charge on any atom is 0.200 e. The van der Waals surface area contributed by atoms with Crippen molar-refractivity contribution >= 4 is 34.3 Å². The molecule has 1 aromatic carbocycles. The molecular weight excluding hydrogens is 300 g/mol. The third kappa shape index (κ3) is 2.00. The predicted octanol–water partition coefficient (Wildman–Crippen LogP) is 4.21. The van der Waals surface area contributed by atoms with Crippen molar-refractivity contribution in [2.75, 3.05) is 0 Å². The van der Waals surface area contributed by atoms with Crippen molar-refractivity contribution in [1.29, 1.82) is 0 Å².